The van der Waals surface area contributed by atoms with Crippen LogP contribution in [0.5, 0.6) is 5.75 Å². The highest BCUT2D eigenvalue weighted by Crippen LogP contribution is 2.39. The molecule has 0 aliphatic carbocycles. The first-order chi connectivity index (χ1) is 16.5. The second kappa shape index (κ2) is 10.4. The van der Waals surface area contributed by atoms with Gasteiger partial charge in [-0.3, -0.25) is 9.59 Å². The highest BCUT2D eigenvalue weighted by atomic mass is 16.5. The number of hydrogen-bond donors (Lipinski definition) is 1. The predicted molar refractivity (Wildman–Crippen MR) is 126 cm³/mol. The SMILES string of the molecule is COCCCN1C(=O)C(=O)/C(=C(/O)c2ccc(OCc3cccc(C)c3)cc2)[C@H]1c1ccco1. The molecule has 2 heterocycles. The summed E-state index contributed by atoms with van der Waals surface area (Å²) in [5.74, 6) is -0.621. The van der Waals surface area contributed by atoms with E-state index in [1.807, 2.05) is 25.1 Å². The lowest BCUT2D eigenvalue weighted by Gasteiger charge is -2.23. The fourth-order valence-electron chi connectivity index (χ4n) is 4.07. The van der Waals surface area contributed by atoms with E-state index in [2.05, 4.69) is 6.07 Å². The van der Waals surface area contributed by atoms with Crippen molar-refractivity contribution >= 4 is 17.4 Å². The number of ether oxygens (including phenoxy) is 2. The number of furan rings is 1. The van der Waals surface area contributed by atoms with Crippen molar-refractivity contribution in [3.8, 4) is 5.75 Å². The molecule has 0 radical (unpaired) electrons. The first kappa shape index (κ1) is 23.3. The average Bonchev–Trinajstić information content (AvgIpc) is 3.45. The van der Waals surface area contributed by atoms with Crippen LogP contribution >= 0.6 is 0 Å². The number of carbonyl (C=O) groups is 2. The fourth-order valence-corrected chi connectivity index (χ4v) is 4.07. The summed E-state index contributed by atoms with van der Waals surface area (Å²) in [5.41, 5.74) is 2.63. The standard InChI is InChI=1S/C27H27NO6/c1-18-6-3-7-19(16-18)17-34-21-11-9-20(10-12-21)25(29)23-24(22-8-4-15-33-22)28(13-5-14-32-2)27(31)26(23)30/h3-4,6-12,15-16,24,29H,5,13-14,17H2,1-2H3/b25-23+/t24-/m1/s1. The number of ketones is 1. The van der Waals surface area contributed by atoms with Crippen LogP contribution in [0.1, 0.15) is 34.9 Å². The Balaban J connectivity index is 1.59. The van der Waals surface area contributed by atoms with E-state index in [0.29, 0.717) is 43.3 Å². The summed E-state index contributed by atoms with van der Waals surface area (Å²) < 4.78 is 16.4. The molecule has 0 bridgehead atoms. The third kappa shape index (κ3) is 4.89. The molecule has 1 aliphatic heterocycles. The van der Waals surface area contributed by atoms with Gasteiger partial charge in [0.05, 0.1) is 11.8 Å². The molecule has 7 heteroatoms. The Labute approximate surface area is 198 Å². The van der Waals surface area contributed by atoms with Gasteiger partial charge < -0.3 is 23.9 Å². The molecule has 7 nitrogen and oxygen atoms in total. The highest BCUT2D eigenvalue weighted by Gasteiger charge is 2.47. The first-order valence-corrected chi connectivity index (χ1v) is 11.1. The molecule has 176 valence electrons. The zero-order valence-electron chi connectivity index (χ0n) is 19.2. The lowest BCUT2D eigenvalue weighted by atomic mass is 9.99. The Bertz CT molecular complexity index is 1180. The molecule has 1 atom stereocenters. The Morgan fingerprint density at radius 3 is 2.56 bits per heavy atom. The molecule has 1 saturated heterocycles. The number of aryl methyl sites for hydroxylation is 1. The van der Waals surface area contributed by atoms with E-state index in [-0.39, 0.29) is 11.3 Å². The number of Topliss-reactive ketones (excluding diaryl/α,β-unsaturated/α-hetero) is 1. The normalized spacial score (nSPS) is 17.4. The van der Waals surface area contributed by atoms with Gasteiger partial charge in [-0.05, 0) is 55.3 Å². The Hall–Kier alpha value is -3.84. The number of methoxy groups -OCH3 is 1. The summed E-state index contributed by atoms with van der Waals surface area (Å²) >= 11 is 0. The number of benzene rings is 2. The summed E-state index contributed by atoms with van der Waals surface area (Å²) in [7, 11) is 1.58. The maximum atomic E-state index is 12.9. The molecule has 34 heavy (non-hydrogen) atoms. The Morgan fingerprint density at radius 2 is 1.88 bits per heavy atom. The lowest BCUT2D eigenvalue weighted by molar-refractivity contribution is -0.140. The topological polar surface area (TPSA) is 89.2 Å². The minimum absolute atomic E-state index is 0.00537. The second-order valence-electron chi connectivity index (χ2n) is 8.16. The van der Waals surface area contributed by atoms with E-state index in [4.69, 9.17) is 13.9 Å². The van der Waals surface area contributed by atoms with Crippen LogP contribution in [0, 0.1) is 6.92 Å². The molecular formula is C27H27NO6. The van der Waals surface area contributed by atoms with Crippen molar-refractivity contribution in [2.45, 2.75) is 26.0 Å². The highest BCUT2D eigenvalue weighted by molar-refractivity contribution is 6.46. The van der Waals surface area contributed by atoms with Crippen LogP contribution in [0.15, 0.2) is 76.9 Å². The van der Waals surface area contributed by atoms with Crippen molar-refractivity contribution in [2.75, 3.05) is 20.3 Å². The van der Waals surface area contributed by atoms with Gasteiger partial charge in [-0.1, -0.05) is 29.8 Å². The number of carbonyl (C=O) groups excluding carboxylic acids is 2. The largest absolute Gasteiger partial charge is 0.507 e. The minimum Gasteiger partial charge on any atom is -0.507 e. The van der Waals surface area contributed by atoms with Crippen molar-refractivity contribution in [2.24, 2.45) is 0 Å². The molecule has 3 aromatic rings. The summed E-state index contributed by atoms with van der Waals surface area (Å²) in [6.45, 7) is 3.18. The van der Waals surface area contributed by atoms with Crippen LogP contribution in [0.4, 0.5) is 0 Å². The maximum absolute atomic E-state index is 12.9. The van der Waals surface area contributed by atoms with E-state index in [9.17, 15) is 14.7 Å². The maximum Gasteiger partial charge on any atom is 0.295 e. The van der Waals surface area contributed by atoms with Gasteiger partial charge in [-0.2, -0.15) is 0 Å². The van der Waals surface area contributed by atoms with Crippen LogP contribution in [0.2, 0.25) is 0 Å². The molecule has 2 aromatic carbocycles. The predicted octanol–water partition coefficient (Wildman–Crippen LogP) is 4.63. The summed E-state index contributed by atoms with van der Waals surface area (Å²) in [5, 5.41) is 11.1. The van der Waals surface area contributed by atoms with E-state index < -0.39 is 17.7 Å². The van der Waals surface area contributed by atoms with E-state index >= 15 is 0 Å². The number of aliphatic hydroxyl groups excluding tert-OH is 1. The molecule has 1 amide bonds. The van der Waals surface area contributed by atoms with Crippen molar-refractivity contribution in [3.05, 3.63) is 95.0 Å². The third-order valence-electron chi connectivity index (χ3n) is 5.72. The van der Waals surface area contributed by atoms with Crippen molar-refractivity contribution in [3.63, 3.8) is 0 Å². The minimum atomic E-state index is -0.802. The molecule has 0 unspecified atom stereocenters. The zero-order chi connectivity index (χ0) is 24.1. The molecule has 4 rings (SSSR count). The number of likely N-dealkylation sites (tertiary alicyclic amines) is 1. The van der Waals surface area contributed by atoms with Crippen LogP contribution in [0.3, 0.4) is 0 Å². The molecule has 0 saturated carbocycles. The average molecular weight is 462 g/mol. The van der Waals surface area contributed by atoms with Gasteiger partial charge in [-0.25, -0.2) is 0 Å². The molecule has 0 spiro atoms. The summed E-state index contributed by atoms with van der Waals surface area (Å²) in [4.78, 5) is 27.1. The van der Waals surface area contributed by atoms with Crippen molar-refractivity contribution < 1.29 is 28.6 Å². The lowest BCUT2D eigenvalue weighted by Crippen LogP contribution is -2.31. The fraction of sp³-hybridized carbons (Fsp3) is 0.259. The molecule has 1 N–H and O–H groups in total. The van der Waals surface area contributed by atoms with Gasteiger partial charge in [0, 0.05) is 25.8 Å². The first-order valence-electron chi connectivity index (χ1n) is 11.1. The van der Waals surface area contributed by atoms with Crippen LogP contribution in [0.25, 0.3) is 5.76 Å². The van der Waals surface area contributed by atoms with Gasteiger partial charge in [0.15, 0.2) is 0 Å². The number of hydrogen-bond acceptors (Lipinski definition) is 6. The van der Waals surface area contributed by atoms with Gasteiger partial charge in [-0.15, -0.1) is 0 Å². The summed E-state index contributed by atoms with van der Waals surface area (Å²) in [6, 6.07) is 17.4. The Kier molecular flexibility index (Phi) is 7.13. The van der Waals surface area contributed by atoms with Crippen LogP contribution in [-0.2, 0) is 20.9 Å². The van der Waals surface area contributed by atoms with Gasteiger partial charge in [0.1, 0.15) is 29.9 Å². The number of aliphatic hydroxyl groups is 1. The van der Waals surface area contributed by atoms with Crippen molar-refractivity contribution in [1.29, 1.82) is 0 Å². The van der Waals surface area contributed by atoms with Crippen LogP contribution in [-0.4, -0.2) is 42.0 Å². The number of amides is 1. The quantitative estimate of drug-likeness (QED) is 0.216. The van der Waals surface area contributed by atoms with Gasteiger partial charge in [0.25, 0.3) is 11.7 Å². The molecular weight excluding hydrogens is 434 g/mol. The molecule has 1 aromatic heterocycles. The Morgan fingerprint density at radius 1 is 1.09 bits per heavy atom. The van der Waals surface area contributed by atoms with Gasteiger partial charge in [0.2, 0.25) is 0 Å². The van der Waals surface area contributed by atoms with Gasteiger partial charge >= 0.3 is 0 Å². The smallest absolute Gasteiger partial charge is 0.295 e. The third-order valence-corrected chi connectivity index (χ3v) is 5.72. The monoisotopic (exact) mass is 461 g/mol. The van der Waals surface area contributed by atoms with E-state index in [1.165, 1.54) is 11.2 Å². The zero-order valence-corrected chi connectivity index (χ0v) is 19.2. The summed E-state index contributed by atoms with van der Waals surface area (Å²) in [6.07, 6.45) is 2.03. The number of nitrogens with zero attached hydrogens (tertiary/aromatic N) is 1. The molecule has 1 aliphatic rings. The van der Waals surface area contributed by atoms with E-state index in [1.54, 1.807) is 43.5 Å². The van der Waals surface area contributed by atoms with E-state index in [0.717, 1.165) is 11.1 Å². The number of rotatable bonds is 9. The van der Waals surface area contributed by atoms with Crippen LogP contribution < -0.4 is 4.74 Å². The molecule has 1 fully saturated rings. The second-order valence-corrected chi connectivity index (χ2v) is 8.16. The van der Waals surface area contributed by atoms with Crippen molar-refractivity contribution in [1.82, 2.24) is 4.90 Å².